The summed E-state index contributed by atoms with van der Waals surface area (Å²) in [4.78, 5) is 24.7. The molecular weight excluding hydrogens is 512 g/mol. The van der Waals surface area contributed by atoms with Crippen LogP contribution >= 0.6 is 0 Å². The molecule has 0 aromatic rings. The van der Waals surface area contributed by atoms with Gasteiger partial charge >= 0.3 is 11.9 Å². The molecule has 11 atom stereocenters. The Morgan fingerprint density at radius 2 is 1.18 bits per heavy atom. The van der Waals surface area contributed by atoms with Crippen LogP contribution in [0.3, 0.4) is 0 Å². The van der Waals surface area contributed by atoms with Crippen molar-refractivity contribution in [3.8, 4) is 0 Å². The zero-order chi connectivity index (χ0) is 26.4. The zero-order valence-corrected chi connectivity index (χ0v) is 22.9. The number of carbonyl (C=O) groups excluding carboxylic acids is 2. The minimum atomic E-state index is -4.83. The molecule has 4 bridgehead atoms. The van der Waals surface area contributed by atoms with Gasteiger partial charge in [0.15, 0.2) is 5.25 Å². The number of hydrogen-bond acceptors (Lipinski definition) is 8. The average Bonchev–Trinajstić information content (AvgIpc) is 3.69. The summed E-state index contributed by atoms with van der Waals surface area (Å²) in [6.07, 6.45) is 12.1. The fraction of sp³-hybridized carbons (Fsp3) is 0.929. The normalized spacial score (nSPS) is 41.3. The predicted molar refractivity (Wildman–Crippen MR) is 135 cm³/mol. The standard InChI is InChI=1S/C28H42O9S/c29-27(36-9-7-34-24-13-16-11-22(24)20-5-1-3-18(16)20)15-26(38(31,32)33)28(30)37-10-8-35-25-14-17-12-23(25)21-6-2-4-19(17)21/h16-26H,1-15H2,(H,31,32,33). The summed E-state index contributed by atoms with van der Waals surface area (Å²) in [5, 5.41) is -2.01. The third kappa shape index (κ3) is 5.27. The molecule has 6 saturated carbocycles. The smallest absolute Gasteiger partial charge is 0.327 e. The highest BCUT2D eigenvalue weighted by Gasteiger charge is 2.55. The molecule has 1 N–H and O–H groups in total. The highest BCUT2D eigenvalue weighted by atomic mass is 32.2. The molecule has 6 rings (SSSR count). The maximum Gasteiger partial charge on any atom is 0.327 e. The Balaban J connectivity index is 0.887. The molecule has 0 aromatic heterocycles. The topological polar surface area (TPSA) is 125 Å². The summed E-state index contributed by atoms with van der Waals surface area (Å²) in [5.74, 6) is 3.91. The van der Waals surface area contributed by atoms with E-state index in [1.165, 1.54) is 51.4 Å². The summed E-state index contributed by atoms with van der Waals surface area (Å²) in [7, 11) is -4.83. The van der Waals surface area contributed by atoms with Crippen molar-refractivity contribution in [2.45, 2.75) is 88.1 Å². The quantitative estimate of drug-likeness (QED) is 0.219. The summed E-state index contributed by atoms with van der Waals surface area (Å²) in [6, 6.07) is 0. The van der Waals surface area contributed by atoms with Crippen LogP contribution in [-0.4, -0.2) is 68.8 Å². The van der Waals surface area contributed by atoms with Crippen LogP contribution in [0.5, 0.6) is 0 Å². The second kappa shape index (κ2) is 11.0. The minimum Gasteiger partial charge on any atom is -0.463 e. The lowest BCUT2D eigenvalue weighted by Crippen LogP contribution is -2.36. The zero-order valence-electron chi connectivity index (χ0n) is 22.1. The number of esters is 2. The van der Waals surface area contributed by atoms with Gasteiger partial charge in [-0.05, 0) is 98.7 Å². The van der Waals surface area contributed by atoms with Crippen molar-refractivity contribution < 1.29 is 41.5 Å². The highest BCUT2D eigenvalue weighted by Crippen LogP contribution is 2.60. The summed E-state index contributed by atoms with van der Waals surface area (Å²) < 4.78 is 55.4. The first-order chi connectivity index (χ1) is 18.3. The minimum absolute atomic E-state index is 0.0205. The van der Waals surface area contributed by atoms with Crippen molar-refractivity contribution in [2.24, 2.45) is 47.3 Å². The van der Waals surface area contributed by atoms with Crippen molar-refractivity contribution in [2.75, 3.05) is 26.4 Å². The molecule has 11 unspecified atom stereocenters. The highest BCUT2D eigenvalue weighted by molar-refractivity contribution is 7.87. The molecule has 38 heavy (non-hydrogen) atoms. The Morgan fingerprint density at radius 1 is 0.684 bits per heavy atom. The van der Waals surface area contributed by atoms with E-state index < -0.39 is 33.7 Å². The van der Waals surface area contributed by atoms with Gasteiger partial charge in [-0.25, -0.2) is 0 Å². The molecule has 0 amide bonds. The molecule has 6 aliphatic carbocycles. The van der Waals surface area contributed by atoms with Crippen LogP contribution in [0.1, 0.15) is 70.6 Å². The Kier molecular flexibility index (Phi) is 7.79. The molecule has 9 nitrogen and oxygen atoms in total. The van der Waals surface area contributed by atoms with E-state index in [9.17, 15) is 22.6 Å². The fourth-order valence-electron chi connectivity index (χ4n) is 9.70. The molecule has 0 spiro atoms. The van der Waals surface area contributed by atoms with Gasteiger partial charge in [-0.15, -0.1) is 0 Å². The van der Waals surface area contributed by atoms with E-state index in [1.54, 1.807) is 0 Å². The van der Waals surface area contributed by atoms with Crippen molar-refractivity contribution in [3.63, 3.8) is 0 Å². The van der Waals surface area contributed by atoms with Gasteiger partial charge in [0.05, 0.1) is 31.8 Å². The Bertz CT molecular complexity index is 998. The van der Waals surface area contributed by atoms with Crippen molar-refractivity contribution in [3.05, 3.63) is 0 Å². The SMILES string of the molecule is O=C(CC(C(=O)OCCOC1CC2CC1C1CCCC21)S(=O)(=O)O)OCCOC1CC2CC1C1CCCC21. The maximum absolute atomic E-state index is 12.4. The third-order valence-corrected chi connectivity index (χ3v) is 12.1. The van der Waals surface area contributed by atoms with Crippen LogP contribution in [0.25, 0.3) is 0 Å². The second-order valence-corrected chi connectivity index (χ2v) is 14.3. The molecule has 0 heterocycles. The molecule has 0 radical (unpaired) electrons. The van der Waals surface area contributed by atoms with Crippen molar-refractivity contribution >= 4 is 22.1 Å². The van der Waals surface area contributed by atoms with E-state index in [2.05, 4.69) is 0 Å². The number of fused-ring (bicyclic) bond motifs is 10. The van der Waals surface area contributed by atoms with Crippen LogP contribution in [-0.2, 0) is 38.7 Å². The van der Waals surface area contributed by atoms with Crippen LogP contribution in [0.15, 0.2) is 0 Å². The summed E-state index contributed by atoms with van der Waals surface area (Å²) in [6.45, 7) is 0.260. The summed E-state index contributed by atoms with van der Waals surface area (Å²) >= 11 is 0. The average molecular weight is 555 g/mol. The maximum atomic E-state index is 12.4. The van der Waals surface area contributed by atoms with Crippen LogP contribution < -0.4 is 0 Å². The number of rotatable bonds is 12. The van der Waals surface area contributed by atoms with E-state index >= 15 is 0 Å². The third-order valence-electron chi connectivity index (χ3n) is 11.0. The van der Waals surface area contributed by atoms with Crippen molar-refractivity contribution in [1.29, 1.82) is 0 Å². The Hall–Kier alpha value is -1.23. The Labute approximate surface area is 225 Å². The molecular formula is C28H42O9S. The Morgan fingerprint density at radius 3 is 1.71 bits per heavy atom. The second-order valence-electron chi connectivity index (χ2n) is 12.7. The molecule has 0 aliphatic heterocycles. The number of ether oxygens (including phenoxy) is 4. The van der Waals surface area contributed by atoms with Gasteiger partial charge in [-0.1, -0.05) is 12.8 Å². The first kappa shape index (κ1) is 27.0. The van der Waals surface area contributed by atoms with Gasteiger partial charge in [0.25, 0.3) is 10.1 Å². The van der Waals surface area contributed by atoms with Gasteiger partial charge in [0.1, 0.15) is 13.2 Å². The first-order valence-corrected chi connectivity index (χ1v) is 16.3. The van der Waals surface area contributed by atoms with E-state index in [1.807, 2.05) is 0 Å². The largest absolute Gasteiger partial charge is 0.463 e. The van der Waals surface area contributed by atoms with E-state index in [0.717, 1.165) is 48.3 Å². The molecule has 0 saturated heterocycles. The molecule has 6 aliphatic rings. The van der Waals surface area contributed by atoms with Gasteiger partial charge in [-0.3, -0.25) is 14.1 Å². The summed E-state index contributed by atoms with van der Waals surface area (Å²) in [5.41, 5.74) is 0. The monoisotopic (exact) mass is 554 g/mol. The van der Waals surface area contributed by atoms with E-state index in [4.69, 9.17) is 18.9 Å². The fourth-order valence-corrected chi connectivity index (χ4v) is 10.4. The van der Waals surface area contributed by atoms with Gasteiger partial charge < -0.3 is 18.9 Å². The van der Waals surface area contributed by atoms with E-state index in [-0.39, 0.29) is 38.6 Å². The molecule has 6 fully saturated rings. The number of carbonyl (C=O) groups is 2. The molecule has 0 aromatic carbocycles. The lowest BCUT2D eigenvalue weighted by atomic mass is 9.80. The van der Waals surface area contributed by atoms with E-state index in [0.29, 0.717) is 11.8 Å². The van der Waals surface area contributed by atoms with Crippen LogP contribution in [0, 0.1) is 47.3 Å². The van der Waals surface area contributed by atoms with Gasteiger partial charge in [0.2, 0.25) is 0 Å². The molecule has 10 heteroatoms. The first-order valence-electron chi connectivity index (χ1n) is 14.8. The lowest BCUT2D eigenvalue weighted by molar-refractivity contribution is -0.152. The van der Waals surface area contributed by atoms with Crippen LogP contribution in [0.2, 0.25) is 0 Å². The molecule has 214 valence electrons. The van der Waals surface area contributed by atoms with Gasteiger partial charge in [0, 0.05) is 0 Å². The van der Waals surface area contributed by atoms with Crippen LogP contribution in [0.4, 0.5) is 0 Å². The predicted octanol–water partition coefficient (Wildman–Crippen LogP) is 3.40. The number of hydrogen-bond donors (Lipinski definition) is 1. The van der Waals surface area contributed by atoms with Crippen molar-refractivity contribution in [1.82, 2.24) is 0 Å². The lowest BCUT2D eigenvalue weighted by Gasteiger charge is -2.31. The van der Waals surface area contributed by atoms with Gasteiger partial charge in [-0.2, -0.15) is 8.42 Å².